The molecule has 3 rings (SSSR count). The zero-order valence-corrected chi connectivity index (χ0v) is 10.5. The van der Waals surface area contributed by atoms with Crippen molar-refractivity contribution in [3.63, 3.8) is 0 Å². The maximum Gasteiger partial charge on any atom is 0.0752 e. The standard InChI is InChI=1S/C13H17N5/c1-17-10-12(7-16-17)18-6-2-3-11(9-18)13-8-14-4-5-15-13/h4-5,7-8,10-11H,2-3,6,9H2,1H3/t11-/m1/s1. The van der Waals surface area contributed by atoms with E-state index in [1.54, 1.807) is 12.4 Å². The molecule has 1 aliphatic rings. The summed E-state index contributed by atoms with van der Waals surface area (Å²) < 4.78 is 1.85. The van der Waals surface area contributed by atoms with Gasteiger partial charge in [0.2, 0.25) is 0 Å². The van der Waals surface area contributed by atoms with Gasteiger partial charge in [0.25, 0.3) is 0 Å². The van der Waals surface area contributed by atoms with Gasteiger partial charge >= 0.3 is 0 Å². The Balaban J connectivity index is 1.76. The normalized spacial score (nSPS) is 20.1. The topological polar surface area (TPSA) is 46.8 Å². The molecule has 0 bridgehead atoms. The molecule has 1 aliphatic heterocycles. The van der Waals surface area contributed by atoms with E-state index in [4.69, 9.17) is 0 Å². The second-order valence-electron chi connectivity index (χ2n) is 4.79. The van der Waals surface area contributed by atoms with Gasteiger partial charge < -0.3 is 4.90 Å². The maximum atomic E-state index is 4.43. The highest BCUT2D eigenvalue weighted by Gasteiger charge is 2.23. The third-order valence-electron chi connectivity index (χ3n) is 3.48. The monoisotopic (exact) mass is 243 g/mol. The van der Waals surface area contributed by atoms with E-state index < -0.39 is 0 Å². The first-order valence-corrected chi connectivity index (χ1v) is 6.32. The van der Waals surface area contributed by atoms with E-state index in [9.17, 15) is 0 Å². The summed E-state index contributed by atoms with van der Waals surface area (Å²) >= 11 is 0. The van der Waals surface area contributed by atoms with Crippen LogP contribution in [0.2, 0.25) is 0 Å². The van der Waals surface area contributed by atoms with Gasteiger partial charge in [0.1, 0.15) is 0 Å². The summed E-state index contributed by atoms with van der Waals surface area (Å²) in [4.78, 5) is 11.0. The number of rotatable bonds is 2. The van der Waals surface area contributed by atoms with Crippen LogP contribution < -0.4 is 4.90 Å². The molecule has 18 heavy (non-hydrogen) atoms. The van der Waals surface area contributed by atoms with Crippen molar-refractivity contribution in [2.75, 3.05) is 18.0 Å². The number of aryl methyl sites for hydroxylation is 1. The highest BCUT2D eigenvalue weighted by Crippen LogP contribution is 2.28. The Kier molecular flexibility index (Phi) is 2.96. The summed E-state index contributed by atoms with van der Waals surface area (Å²) in [5.41, 5.74) is 2.30. The molecule has 3 heterocycles. The second kappa shape index (κ2) is 4.76. The molecule has 1 atom stereocenters. The Morgan fingerprint density at radius 3 is 2.94 bits per heavy atom. The van der Waals surface area contributed by atoms with Crippen LogP contribution in [0.4, 0.5) is 5.69 Å². The lowest BCUT2D eigenvalue weighted by atomic mass is 9.95. The highest BCUT2D eigenvalue weighted by molar-refractivity contribution is 5.43. The van der Waals surface area contributed by atoms with Crippen molar-refractivity contribution < 1.29 is 0 Å². The van der Waals surface area contributed by atoms with E-state index >= 15 is 0 Å². The van der Waals surface area contributed by atoms with Gasteiger partial charge in [-0.15, -0.1) is 0 Å². The molecule has 2 aromatic rings. The number of piperidine rings is 1. The lowest BCUT2D eigenvalue weighted by Crippen LogP contribution is -2.34. The van der Waals surface area contributed by atoms with Gasteiger partial charge in [-0.25, -0.2) is 0 Å². The van der Waals surface area contributed by atoms with Gasteiger partial charge in [0.15, 0.2) is 0 Å². The molecule has 1 fully saturated rings. The van der Waals surface area contributed by atoms with E-state index in [0.717, 1.165) is 18.8 Å². The van der Waals surface area contributed by atoms with Crippen LogP contribution in [-0.4, -0.2) is 32.8 Å². The smallest absolute Gasteiger partial charge is 0.0752 e. The summed E-state index contributed by atoms with van der Waals surface area (Å²) in [6, 6.07) is 0. The quantitative estimate of drug-likeness (QED) is 0.803. The summed E-state index contributed by atoms with van der Waals surface area (Å²) in [7, 11) is 1.95. The average Bonchev–Trinajstić information content (AvgIpc) is 2.87. The minimum Gasteiger partial charge on any atom is -0.368 e. The summed E-state index contributed by atoms with van der Waals surface area (Å²) in [5, 5.41) is 4.24. The molecular formula is C13H17N5. The zero-order chi connectivity index (χ0) is 12.4. The first-order chi connectivity index (χ1) is 8.83. The lowest BCUT2D eigenvalue weighted by molar-refractivity contribution is 0.500. The molecular weight excluding hydrogens is 226 g/mol. The van der Waals surface area contributed by atoms with E-state index in [-0.39, 0.29) is 0 Å². The van der Waals surface area contributed by atoms with E-state index in [1.165, 1.54) is 18.5 Å². The minimum absolute atomic E-state index is 0.479. The van der Waals surface area contributed by atoms with Crippen LogP contribution in [-0.2, 0) is 7.05 Å². The minimum atomic E-state index is 0.479. The molecule has 94 valence electrons. The van der Waals surface area contributed by atoms with Crippen molar-refractivity contribution in [1.29, 1.82) is 0 Å². The van der Waals surface area contributed by atoms with Gasteiger partial charge in [-0.05, 0) is 12.8 Å². The first kappa shape index (κ1) is 11.2. The highest BCUT2D eigenvalue weighted by atomic mass is 15.3. The zero-order valence-electron chi connectivity index (χ0n) is 10.5. The second-order valence-corrected chi connectivity index (χ2v) is 4.79. The number of hydrogen-bond donors (Lipinski definition) is 0. The van der Waals surface area contributed by atoms with Gasteiger partial charge in [0.05, 0.1) is 17.6 Å². The summed E-state index contributed by atoms with van der Waals surface area (Å²) in [6.45, 7) is 2.10. The number of anilines is 1. The molecule has 2 aromatic heterocycles. The van der Waals surface area contributed by atoms with E-state index in [1.807, 2.05) is 24.1 Å². The fraction of sp³-hybridized carbons (Fsp3) is 0.462. The molecule has 5 heteroatoms. The molecule has 0 aromatic carbocycles. The third-order valence-corrected chi connectivity index (χ3v) is 3.48. The lowest BCUT2D eigenvalue weighted by Gasteiger charge is -2.32. The number of aromatic nitrogens is 4. The van der Waals surface area contributed by atoms with Crippen molar-refractivity contribution in [2.24, 2.45) is 7.05 Å². The van der Waals surface area contributed by atoms with Crippen LogP contribution in [0.1, 0.15) is 24.5 Å². The fourth-order valence-electron chi connectivity index (χ4n) is 2.55. The van der Waals surface area contributed by atoms with Gasteiger partial charge in [0, 0.05) is 50.8 Å². The molecule has 0 amide bonds. The van der Waals surface area contributed by atoms with Crippen LogP contribution in [0.3, 0.4) is 0 Å². The van der Waals surface area contributed by atoms with Crippen molar-refractivity contribution in [3.8, 4) is 0 Å². The molecule has 0 unspecified atom stereocenters. The summed E-state index contributed by atoms with van der Waals surface area (Å²) in [5.74, 6) is 0.479. The van der Waals surface area contributed by atoms with Crippen molar-refractivity contribution in [2.45, 2.75) is 18.8 Å². The molecule has 0 saturated carbocycles. The predicted molar refractivity (Wildman–Crippen MR) is 69.4 cm³/mol. The van der Waals surface area contributed by atoms with E-state index in [0.29, 0.717) is 5.92 Å². The Labute approximate surface area is 106 Å². The Morgan fingerprint density at radius 2 is 2.22 bits per heavy atom. The molecule has 0 N–H and O–H groups in total. The SMILES string of the molecule is Cn1cc(N2CCC[C@@H](c3cnccn3)C2)cn1. The number of nitrogens with zero attached hydrogens (tertiary/aromatic N) is 5. The van der Waals surface area contributed by atoms with E-state index in [2.05, 4.69) is 26.2 Å². The Bertz CT molecular complexity index is 507. The molecule has 5 nitrogen and oxygen atoms in total. The van der Waals surface area contributed by atoms with Crippen molar-refractivity contribution in [1.82, 2.24) is 19.7 Å². The number of hydrogen-bond acceptors (Lipinski definition) is 4. The molecule has 0 spiro atoms. The van der Waals surface area contributed by atoms with Crippen LogP contribution in [0, 0.1) is 0 Å². The van der Waals surface area contributed by atoms with Gasteiger partial charge in [-0.3, -0.25) is 14.6 Å². The van der Waals surface area contributed by atoms with Crippen LogP contribution >= 0.6 is 0 Å². The van der Waals surface area contributed by atoms with Crippen molar-refractivity contribution in [3.05, 3.63) is 36.7 Å². The van der Waals surface area contributed by atoms with Gasteiger partial charge in [-0.2, -0.15) is 5.10 Å². The molecule has 0 radical (unpaired) electrons. The van der Waals surface area contributed by atoms with Gasteiger partial charge in [-0.1, -0.05) is 0 Å². The Hall–Kier alpha value is -1.91. The van der Waals surface area contributed by atoms with Crippen LogP contribution in [0.25, 0.3) is 0 Å². The van der Waals surface area contributed by atoms with Crippen LogP contribution in [0.15, 0.2) is 31.0 Å². The van der Waals surface area contributed by atoms with Crippen LogP contribution in [0.5, 0.6) is 0 Å². The molecule has 0 aliphatic carbocycles. The van der Waals surface area contributed by atoms with Crippen molar-refractivity contribution >= 4 is 5.69 Å². The maximum absolute atomic E-state index is 4.43. The molecule has 1 saturated heterocycles. The predicted octanol–water partition coefficient (Wildman–Crippen LogP) is 1.59. The summed E-state index contributed by atoms with van der Waals surface area (Å²) in [6.07, 6.45) is 11.8. The average molecular weight is 243 g/mol. The third kappa shape index (κ3) is 2.20. The Morgan fingerprint density at radius 1 is 1.28 bits per heavy atom. The largest absolute Gasteiger partial charge is 0.368 e. The fourth-order valence-corrected chi connectivity index (χ4v) is 2.55. The first-order valence-electron chi connectivity index (χ1n) is 6.32.